The van der Waals surface area contributed by atoms with E-state index in [-0.39, 0.29) is 12.2 Å². The number of nitrogens with zero attached hydrogens (tertiary/aromatic N) is 3. The van der Waals surface area contributed by atoms with Crippen molar-refractivity contribution >= 4 is 34.3 Å². The second kappa shape index (κ2) is 9.59. The van der Waals surface area contributed by atoms with Crippen molar-refractivity contribution in [1.29, 1.82) is 0 Å². The van der Waals surface area contributed by atoms with Crippen LogP contribution in [0.2, 0.25) is 0 Å². The monoisotopic (exact) mass is 497 g/mol. The molecule has 0 fully saturated rings. The summed E-state index contributed by atoms with van der Waals surface area (Å²) < 4.78 is 9.75. The molecule has 3 heterocycles. The number of fused-ring (bicyclic) bond motifs is 2. The first-order valence-corrected chi connectivity index (χ1v) is 12.7. The van der Waals surface area contributed by atoms with Crippen LogP contribution in [0, 0.1) is 6.92 Å². The zero-order chi connectivity index (χ0) is 25.4. The third-order valence-corrected chi connectivity index (χ3v) is 7.48. The molecule has 1 aliphatic rings. The van der Waals surface area contributed by atoms with Crippen LogP contribution in [-0.4, -0.2) is 21.7 Å². The largest absolute Gasteiger partial charge is 0.463 e. The molecule has 0 spiro atoms. The lowest BCUT2D eigenvalue weighted by atomic mass is 9.96. The first kappa shape index (κ1) is 23.8. The fourth-order valence-corrected chi connectivity index (χ4v) is 5.91. The van der Waals surface area contributed by atoms with Gasteiger partial charge >= 0.3 is 5.97 Å². The molecular formula is C29H27N3O3S. The van der Waals surface area contributed by atoms with Crippen LogP contribution in [0.15, 0.2) is 88.3 Å². The van der Waals surface area contributed by atoms with E-state index in [0.29, 0.717) is 27.1 Å². The molecule has 2 aromatic carbocycles. The van der Waals surface area contributed by atoms with Gasteiger partial charge in [0.15, 0.2) is 4.80 Å². The van der Waals surface area contributed by atoms with Gasteiger partial charge in [0, 0.05) is 28.7 Å². The van der Waals surface area contributed by atoms with Crippen LogP contribution in [0.25, 0.3) is 17.0 Å². The van der Waals surface area contributed by atoms with Crippen LogP contribution in [0.3, 0.4) is 0 Å². The van der Waals surface area contributed by atoms with E-state index in [4.69, 9.17) is 4.74 Å². The van der Waals surface area contributed by atoms with Crippen molar-refractivity contribution in [1.82, 2.24) is 9.13 Å². The van der Waals surface area contributed by atoms with Crippen molar-refractivity contribution in [3.63, 3.8) is 0 Å². The van der Waals surface area contributed by atoms with Crippen molar-refractivity contribution in [2.75, 3.05) is 6.61 Å². The van der Waals surface area contributed by atoms with E-state index in [2.05, 4.69) is 35.2 Å². The summed E-state index contributed by atoms with van der Waals surface area (Å²) >= 11 is 1.34. The lowest BCUT2D eigenvalue weighted by Gasteiger charge is -2.24. The van der Waals surface area contributed by atoms with Crippen molar-refractivity contribution in [2.24, 2.45) is 4.99 Å². The van der Waals surface area contributed by atoms with Crippen LogP contribution < -0.4 is 14.9 Å². The Balaban J connectivity index is 1.77. The van der Waals surface area contributed by atoms with Gasteiger partial charge in [-0.3, -0.25) is 9.36 Å². The molecule has 0 saturated heterocycles. The van der Waals surface area contributed by atoms with Crippen molar-refractivity contribution in [3.05, 3.63) is 115 Å². The highest BCUT2D eigenvalue weighted by Crippen LogP contribution is 2.31. The second-order valence-electron chi connectivity index (χ2n) is 8.63. The molecule has 7 heteroatoms. The van der Waals surface area contributed by atoms with Gasteiger partial charge in [0.1, 0.15) is 0 Å². The number of thiazole rings is 1. The van der Waals surface area contributed by atoms with Gasteiger partial charge in [0.05, 0.1) is 28.5 Å². The Bertz CT molecular complexity index is 1700. The quantitative estimate of drug-likeness (QED) is 0.296. The molecule has 0 saturated carbocycles. The Labute approximate surface area is 212 Å². The summed E-state index contributed by atoms with van der Waals surface area (Å²) in [7, 11) is 0. The number of rotatable bonds is 6. The number of esters is 1. The van der Waals surface area contributed by atoms with Gasteiger partial charge < -0.3 is 9.30 Å². The average Bonchev–Trinajstić information content (AvgIpc) is 3.33. The standard InChI is InChI=1S/C29H27N3O3S/c1-5-16-31-19(4)22(21-14-10-11-15-23(21)31)17-24-27(33)32-26(20-12-8-7-9-13-20)25(28(34)35-6-2)18(3)30-29(32)36-24/h5,7-15,17,26H,1,6,16H2,2-4H3/b24-17-/t26-/m0/s1. The minimum Gasteiger partial charge on any atom is -0.463 e. The summed E-state index contributed by atoms with van der Waals surface area (Å²) in [4.78, 5) is 32.1. The van der Waals surface area contributed by atoms with E-state index < -0.39 is 12.0 Å². The normalized spacial score (nSPS) is 15.6. The number of para-hydroxylation sites is 1. The topological polar surface area (TPSA) is 65.6 Å². The first-order chi connectivity index (χ1) is 17.5. The lowest BCUT2D eigenvalue weighted by Crippen LogP contribution is -2.39. The van der Waals surface area contributed by atoms with E-state index in [1.807, 2.05) is 54.6 Å². The molecule has 0 aliphatic carbocycles. The molecule has 0 amide bonds. The number of hydrogen-bond donors (Lipinski definition) is 0. The van der Waals surface area contributed by atoms with Gasteiger partial charge in [0.2, 0.25) is 0 Å². The van der Waals surface area contributed by atoms with Crippen LogP contribution in [0.1, 0.15) is 36.7 Å². The fraction of sp³-hybridized carbons (Fsp3) is 0.207. The predicted molar refractivity (Wildman–Crippen MR) is 144 cm³/mol. The number of aromatic nitrogens is 2. The summed E-state index contributed by atoms with van der Waals surface area (Å²) in [5.74, 6) is -0.453. The van der Waals surface area contributed by atoms with E-state index in [9.17, 15) is 9.59 Å². The van der Waals surface area contributed by atoms with Crippen LogP contribution in [0.4, 0.5) is 0 Å². The van der Waals surface area contributed by atoms with Crippen molar-refractivity contribution in [3.8, 4) is 0 Å². The lowest BCUT2D eigenvalue weighted by molar-refractivity contribution is -0.139. The Morgan fingerprint density at radius 1 is 1.14 bits per heavy atom. The summed E-state index contributed by atoms with van der Waals surface area (Å²) in [6.07, 6.45) is 3.82. The minimum absolute atomic E-state index is 0.179. The minimum atomic E-state index is -0.605. The molecule has 5 rings (SSSR count). The third kappa shape index (κ3) is 3.85. The van der Waals surface area contributed by atoms with Crippen LogP contribution in [-0.2, 0) is 16.1 Å². The molecule has 182 valence electrons. The molecule has 0 N–H and O–H groups in total. The van der Waals surface area contributed by atoms with E-state index in [1.165, 1.54) is 11.3 Å². The zero-order valence-corrected chi connectivity index (χ0v) is 21.3. The molecule has 1 atom stereocenters. The fourth-order valence-electron chi connectivity index (χ4n) is 4.88. The summed E-state index contributed by atoms with van der Waals surface area (Å²) in [5.41, 5.74) is 4.76. The van der Waals surface area contributed by atoms with E-state index in [1.54, 1.807) is 18.4 Å². The van der Waals surface area contributed by atoms with Crippen LogP contribution >= 0.6 is 11.3 Å². The van der Waals surface area contributed by atoms with Gasteiger partial charge in [-0.15, -0.1) is 6.58 Å². The SMILES string of the molecule is C=CCn1c(C)c(/C=c2\sc3n(c2=O)[C@@H](c2ccccc2)C(C(=O)OCC)=C(C)N=3)c2ccccc21. The Morgan fingerprint density at radius 3 is 2.58 bits per heavy atom. The number of allylic oxidation sites excluding steroid dienone is 2. The molecule has 0 bridgehead atoms. The number of carbonyl (C=O) groups excluding carboxylic acids is 1. The van der Waals surface area contributed by atoms with Crippen LogP contribution in [0.5, 0.6) is 0 Å². The molecule has 2 aromatic heterocycles. The summed E-state index contributed by atoms with van der Waals surface area (Å²) in [6, 6.07) is 17.1. The maximum absolute atomic E-state index is 13.9. The maximum atomic E-state index is 13.9. The molecule has 36 heavy (non-hydrogen) atoms. The summed E-state index contributed by atoms with van der Waals surface area (Å²) in [5, 5.41) is 1.07. The van der Waals surface area contributed by atoms with Gasteiger partial charge in [0.25, 0.3) is 5.56 Å². The van der Waals surface area contributed by atoms with E-state index in [0.717, 1.165) is 27.7 Å². The molecule has 0 unspecified atom stereocenters. The number of ether oxygens (including phenoxy) is 1. The second-order valence-corrected chi connectivity index (χ2v) is 9.64. The Kier molecular flexibility index (Phi) is 6.33. The van der Waals surface area contributed by atoms with Gasteiger partial charge in [-0.05, 0) is 38.5 Å². The molecule has 4 aromatic rings. The number of carbonyl (C=O) groups is 1. The third-order valence-electron chi connectivity index (χ3n) is 6.50. The predicted octanol–water partition coefficient (Wildman–Crippen LogP) is 4.25. The maximum Gasteiger partial charge on any atom is 0.338 e. The van der Waals surface area contributed by atoms with Crippen molar-refractivity contribution < 1.29 is 9.53 Å². The van der Waals surface area contributed by atoms with E-state index >= 15 is 0 Å². The smallest absolute Gasteiger partial charge is 0.338 e. The molecule has 1 aliphatic heterocycles. The van der Waals surface area contributed by atoms with Gasteiger partial charge in [-0.2, -0.15) is 0 Å². The highest BCUT2D eigenvalue weighted by atomic mass is 32.1. The highest BCUT2D eigenvalue weighted by molar-refractivity contribution is 7.07. The van der Waals surface area contributed by atoms with Gasteiger partial charge in [-0.1, -0.05) is 65.9 Å². The number of benzene rings is 2. The first-order valence-electron chi connectivity index (χ1n) is 11.9. The molecular weight excluding hydrogens is 470 g/mol. The highest BCUT2D eigenvalue weighted by Gasteiger charge is 2.33. The summed E-state index contributed by atoms with van der Waals surface area (Å²) in [6.45, 7) is 10.4. The average molecular weight is 498 g/mol. The Morgan fingerprint density at radius 2 is 1.86 bits per heavy atom. The Hall–Kier alpha value is -3.97. The zero-order valence-electron chi connectivity index (χ0n) is 20.5. The molecule has 0 radical (unpaired) electrons. The number of hydrogen-bond acceptors (Lipinski definition) is 5. The van der Waals surface area contributed by atoms with Gasteiger partial charge in [-0.25, -0.2) is 9.79 Å². The van der Waals surface area contributed by atoms with Crippen molar-refractivity contribution in [2.45, 2.75) is 33.4 Å². The molecule has 6 nitrogen and oxygen atoms in total.